The van der Waals surface area contributed by atoms with Crippen molar-refractivity contribution in [3.05, 3.63) is 12.7 Å². The number of ether oxygens (including phenoxy) is 2. The zero-order chi connectivity index (χ0) is 10.4. The molecule has 3 heteroatoms. The van der Waals surface area contributed by atoms with Gasteiger partial charge in [0, 0.05) is 19.1 Å². The lowest BCUT2D eigenvalue weighted by molar-refractivity contribution is -0.181. The minimum atomic E-state index is -0.401. The van der Waals surface area contributed by atoms with E-state index in [1.54, 1.807) is 7.11 Å². The maximum absolute atomic E-state index is 11.0. The van der Waals surface area contributed by atoms with Crippen LogP contribution in [0.5, 0.6) is 0 Å². The van der Waals surface area contributed by atoms with E-state index < -0.39 is 5.97 Å². The lowest BCUT2D eigenvalue weighted by atomic mass is 9.89. The van der Waals surface area contributed by atoms with Crippen LogP contribution in [0, 0.1) is 5.92 Å². The third-order valence-electron chi connectivity index (χ3n) is 2.67. The highest BCUT2D eigenvalue weighted by atomic mass is 16.7. The first-order valence-electron chi connectivity index (χ1n) is 5.13. The average Bonchev–Trinajstić information content (AvgIpc) is 2.26. The fourth-order valence-electron chi connectivity index (χ4n) is 1.91. The van der Waals surface area contributed by atoms with E-state index in [2.05, 4.69) is 6.58 Å². The van der Waals surface area contributed by atoms with E-state index in [9.17, 15) is 4.79 Å². The highest BCUT2D eigenvalue weighted by Gasteiger charge is 2.25. The van der Waals surface area contributed by atoms with Crippen molar-refractivity contribution >= 4 is 5.97 Å². The van der Waals surface area contributed by atoms with Crippen molar-refractivity contribution < 1.29 is 14.3 Å². The molecule has 14 heavy (non-hydrogen) atoms. The van der Waals surface area contributed by atoms with Crippen LogP contribution in [0.25, 0.3) is 0 Å². The summed E-state index contributed by atoms with van der Waals surface area (Å²) in [5.41, 5.74) is 0. The van der Waals surface area contributed by atoms with Gasteiger partial charge in [0.15, 0.2) is 0 Å². The Balaban J connectivity index is 2.42. The Kier molecular flexibility index (Phi) is 4.66. The molecule has 0 amide bonds. The van der Waals surface area contributed by atoms with Gasteiger partial charge in [-0.1, -0.05) is 25.8 Å². The Hall–Kier alpha value is -0.830. The van der Waals surface area contributed by atoms with Crippen molar-refractivity contribution in [2.75, 3.05) is 7.11 Å². The van der Waals surface area contributed by atoms with E-state index in [0.717, 1.165) is 12.8 Å². The molecule has 0 aromatic heterocycles. The molecule has 1 unspecified atom stereocenters. The van der Waals surface area contributed by atoms with E-state index in [4.69, 9.17) is 9.47 Å². The van der Waals surface area contributed by atoms with Crippen LogP contribution >= 0.6 is 0 Å². The van der Waals surface area contributed by atoms with Crippen LogP contribution in [0.3, 0.4) is 0 Å². The highest BCUT2D eigenvalue weighted by molar-refractivity contribution is 5.81. The van der Waals surface area contributed by atoms with Crippen molar-refractivity contribution in [2.24, 2.45) is 5.92 Å². The van der Waals surface area contributed by atoms with Crippen LogP contribution in [-0.4, -0.2) is 19.4 Å². The molecule has 1 fully saturated rings. The fourth-order valence-corrected chi connectivity index (χ4v) is 1.91. The second-order valence-corrected chi connectivity index (χ2v) is 3.64. The van der Waals surface area contributed by atoms with E-state index in [-0.39, 0.29) is 6.29 Å². The molecule has 0 bridgehead atoms. The standard InChI is InChI=1S/C11H18O3/c1-3-10(12)14-11(13-2)9-7-5-4-6-8-9/h3,9,11H,1,4-8H2,2H3. The Morgan fingerprint density at radius 1 is 1.43 bits per heavy atom. The number of hydrogen-bond acceptors (Lipinski definition) is 3. The Morgan fingerprint density at radius 3 is 2.57 bits per heavy atom. The molecule has 0 aromatic carbocycles. The molecule has 1 aliphatic rings. The summed E-state index contributed by atoms with van der Waals surface area (Å²) in [5, 5.41) is 0. The Bertz CT molecular complexity index is 195. The van der Waals surface area contributed by atoms with Gasteiger partial charge in [0.25, 0.3) is 0 Å². The smallest absolute Gasteiger partial charge is 0.332 e. The maximum atomic E-state index is 11.0. The molecular formula is C11H18O3. The van der Waals surface area contributed by atoms with Crippen molar-refractivity contribution in [1.29, 1.82) is 0 Å². The molecule has 0 saturated heterocycles. The molecule has 0 spiro atoms. The summed E-state index contributed by atoms with van der Waals surface area (Å²) >= 11 is 0. The van der Waals surface area contributed by atoms with Crippen LogP contribution in [0.4, 0.5) is 0 Å². The summed E-state index contributed by atoms with van der Waals surface area (Å²) in [6.07, 6.45) is 6.65. The number of rotatable bonds is 4. The summed E-state index contributed by atoms with van der Waals surface area (Å²) in [6.45, 7) is 3.36. The number of esters is 1. The molecule has 0 aliphatic heterocycles. The van der Waals surface area contributed by atoms with Crippen molar-refractivity contribution in [3.63, 3.8) is 0 Å². The first kappa shape index (κ1) is 11.2. The zero-order valence-electron chi connectivity index (χ0n) is 8.70. The first-order valence-corrected chi connectivity index (χ1v) is 5.13. The number of hydrogen-bond donors (Lipinski definition) is 0. The van der Waals surface area contributed by atoms with Crippen LogP contribution < -0.4 is 0 Å². The van der Waals surface area contributed by atoms with Crippen molar-refractivity contribution in [1.82, 2.24) is 0 Å². The molecular weight excluding hydrogens is 180 g/mol. The van der Waals surface area contributed by atoms with E-state index in [1.807, 2.05) is 0 Å². The Morgan fingerprint density at radius 2 is 2.07 bits per heavy atom. The molecule has 80 valence electrons. The van der Waals surface area contributed by atoms with Gasteiger partial charge >= 0.3 is 5.97 Å². The summed E-state index contributed by atoms with van der Waals surface area (Å²) in [4.78, 5) is 11.0. The zero-order valence-corrected chi connectivity index (χ0v) is 8.70. The van der Waals surface area contributed by atoms with Gasteiger partial charge in [-0.2, -0.15) is 0 Å². The van der Waals surface area contributed by atoms with Gasteiger partial charge in [-0.25, -0.2) is 4.79 Å². The van der Waals surface area contributed by atoms with Crippen LogP contribution in [-0.2, 0) is 14.3 Å². The van der Waals surface area contributed by atoms with E-state index in [1.165, 1.54) is 25.3 Å². The van der Waals surface area contributed by atoms with Gasteiger partial charge in [0.2, 0.25) is 6.29 Å². The SMILES string of the molecule is C=CC(=O)OC(OC)C1CCCCC1. The summed E-state index contributed by atoms with van der Waals surface area (Å²) in [5.74, 6) is -0.0416. The second-order valence-electron chi connectivity index (χ2n) is 3.64. The van der Waals surface area contributed by atoms with Gasteiger partial charge in [-0.05, 0) is 12.8 Å². The normalized spacial score (nSPS) is 20.1. The summed E-state index contributed by atoms with van der Waals surface area (Å²) < 4.78 is 10.3. The van der Waals surface area contributed by atoms with Gasteiger partial charge in [0.1, 0.15) is 0 Å². The van der Waals surface area contributed by atoms with Crippen LogP contribution in [0.2, 0.25) is 0 Å². The molecule has 0 aromatic rings. The lowest BCUT2D eigenvalue weighted by Crippen LogP contribution is -2.29. The lowest BCUT2D eigenvalue weighted by Gasteiger charge is -2.28. The van der Waals surface area contributed by atoms with E-state index >= 15 is 0 Å². The molecule has 1 saturated carbocycles. The molecule has 3 nitrogen and oxygen atoms in total. The number of methoxy groups -OCH3 is 1. The number of carbonyl (C=O) groups excluding carboxylic acids is 1. The predicted molar refractivity (Wildman–Crippen MR) is 53.7 cm³/mol. The fraction of sp³-hybridized carbons (Fsp3) is 0.727. The van der Waals surface area contributed by atoms with Crippen LogP contribution in [0.15, 0.2) is 12.7 Å². The predicted octanol–water partition coefficient (Wildman–Crippen LogP) is 2.27. The average molecular weight is 198 g/mol. The molecule has 1 rings (SSSR count). The minimum absolute atomic E-state index is 0.359. The second kappa shape index (κ2) is 5.81. The van der Waals surface area contributed by atoms with Crippen LogP contribution in [0.1, 0.15) is 32.1 Å². The minimum Gasteiger partial charge on any atom is -0.432 e. The maximum Gasteiger partial charge on any atom is 0.332 e. The van der Waals surface area contributed by atoms with E-state index in [0.29, 0.717) is 5.92 Å². The third-order valence-corrected chi connectivity index (χ3v) is 2.67. The van der Waals surface area contributed by atoms with Gasteiger partial charge in [0.05, 0.1) is 0 Å². The largest absolute Gasteiger partial charge is 0.432 e. The monoisotopic (exact) mass is 198 g/mol. The van der Waals surface area contributed by atoms with Gasteiger partial charge < -0.3 is 9.47 Å². The molecule has 1 aliphatic carbocycles. The van der Waals surface area contributed by atoms with Gasteiger partial charge in [-0.3, -0.25) is 0 Å². The highest BCUT2D eigenvalue weighted by Crippen LogP contribution is 2.28. The topological polar surface area (TPSA) is 35.5 Å². The first-order chi connectivity index (χ1) is 6.77. The molecule has 0 radical (unpaired) electrons. The molecule has 1 atom stereocenters. The van der Waals surface area contributed by atoms with Gasteiger partial charge in [-0.15, -0.1) is 0 Å². The summed E-state index contributed by atoms with van der Waals surface area (Å²) in [6, 6.07) is 0. The summed E-state index contributed by atoms with van der Waals surface area (Å²) in [7, 11) is 1.58. The Labute approximate surface area is 85.1 Å². The number of carbonyl (C=O) groups is 1. The van der Waals surface area contributed by atoms with Crippen molar-refractivity contribution in [2.45, 2.75) is 38.4 Å². The van der Waals surface area contributed by atoms with Crippen molar-refractivity contribution in [3.8, 4) is 0 Å². The molecule has 0 N–H and O–H groups in total. The third kappa shape index (κ3) is 3.14. The molecule has 0 heterocycles. The quantitative estimate of drug-likeness (QED) is 0.395.